The van der Waals surface area contributed by atoms with Gasteiger partial charge in [0.2, 0.25) is 11.8 Å². The highest BCUT2D eigenvalue weighted by Gasteiger charge is 2.26. The van der Waals surface area contributed by atoms with Crippen molar-refractivity contribution >= 4 is 35.0 Å². The average Bonchev–Trinajstić information content (AvgIpc) is 3.19. The number of hydrogen-bond donors (Lipinski definition) is 1. The van der Waals surface area contributed by atoms with Crippen LogP contribution in [0.4, 0.5) is 10.1 Å². The van der Waals surface area contributed by atoms with Gasteiger partial charge >= 0.3 is 0 Å². The third-order valence-corrected chi connectivity index (χ3v) is 4.46. The highest BCUT2D eigenvalue weighted by Crippen LogP contribution is 2.19. The van der Waals surface area contributed by atoms with Crippen molar-refractivity contribution in [3.8, 4) is 0 Å². The maximum atomic E-state index is 13.1. The van der Waals surface area contributed by atoms with Gasteiger partial charge in [0.15, 0.2) is 5.76 Å². The number of anilines is 1. The largest absolute Gasteiger partial charge is 0.459 e. The van der Waals surface area contributed by atoms with E-state index in [0.29, 0.717) is 31.9 Å². The highest BCUT2D eigenvalue weighted by molar-refractivity contribution is 6.31. The summed E-state index contributed by atoms with van der Waals surface area (Å²) in [6.07, 6.45) is 1.08. The molecule has 0 saturated carbocycles. The number of amides is 3. The molecule has 0 spiro atoms. The lowest BCUT2D eigenvalue weighted by atomic mass is 10.2. The minimum Gasteiger partial charge on any atom is -0.459 e. The molecular formula is C18H17ClFN3O4. The fraction of sp³-hybridized carbons (Fsp3) is 0.278. The van der Waals surface area contributed by atoms with Gasteiger partial charge in [-0.25, -0.2) is 4.39 Å². The fourth-order valence-corrected chi connectivity index (χ4v) is 2.92. The Morgan fingerprint density at radius 3 is 2.44 bits per heavy atom. The Kier molecular flexibility index (Phi) is 5.75. The number of carbonyl (C=O) groups excluding carboxylic acids is 3. The Bertz CT molecular complexity index is 848. The van der Waals surface area contributed by atoms with E-state index in [4.69, 9.17) is 16.0 Å². The van der Waals surface area contributed by atoms with Gasteiger partial charge in [0, 0.05) is 31.9 Å². The number of piperazine rings is 1. The zero-order valence-electron chi connectivity index (χ0n) is 14.3. The van der Waals surface area contributed by atoms with Gasteiger partial charge in [-0.1, -0.05) is 11.6 Å². The summed E-state index contributed by atoms with van der Waals surface area (Å²) in [6.45, 7) is 1.39. The van der Waals surface area contributed by atoms with Crippen LogP contribution in [0.5, 0.6) is 0 Å². The number of hydrogen-bond acceptors (Lipinski definition) is 4. The van der Waals surface area contributed by atoms with E-state index < -0.39 is 11.7 Å². The van der Waals surface area contributed by atoms with Crippen LogP contribution in [-0.2, 0) is 9.59 Å². The SMILES string of the molecule is O=C(CC(=O)N1CCN(C(=O)c2ccco2)CC1)Nc1ccc(F)c(Cl)c1. The molecule has 0 aliphatic carbocycles. The average molecular weight is 394 g/mol. The normalized spacial score (nSPS) is 14.1. The minimum atomic E-state index is -0.590. The van der Waals surface area contributed by atoms with Crippen molar-refractivity contribution in [1.82, 2.24) is 9.80 Å². The lowest BCUT2D eigenvalue weighted by Crippen LogP contribution is -2.51. The molecule has 2 aromatic rings. The van der Waals surface area contributed by atoms with Crippen LogP contribution in [0.1, 0.15) is 17.0 Å². The van der Waals surface area contributed by atoms with E-state index in [2.05, 4.69) is 5.32 Å². The standard InChI is InChI=1S/C18H17ClFN3O4/c19-13-10-12(3-4-14(13)20)21-16(24)11-17(25)22-5-7-23(8-6-22)18(26)15-2-1-9-27-15/h1-4,9-10H,5-8,11H2,(H,21,24). The molecule has 1 aliphatic rings. The molecule has 27 heavy (non-hydrogen) atoms. The maximum Gasteiger partial charge on any atom is 0.289 e. The van der Waals surface area contributed by atoms with Gasteiger partial charge in [0.25, 0.3) is 5.91 Å². The molecule has 1 aromatic carbocycles. The lowest BCUT2D eigenvalue weighted by Gasteiger charge is -2.34. The van der Waals surface area contributed by atoms with E-state index in [1.54, 1.807) is 17.0 Å². The topological polar surface area (TPSA) is 82.9 Å². The Morgan fingerprint density at radius 2 is 1.81 bits per heavy atom. The number of furan rings is 1. The van der Waals surface area contributed by atoms with Crippen LogP contribution in [0.2, 0.25) is 5.02 Å². The second kappa shape index (κ2) is 8.22. The van der Waals surface area contributed by atoms with Crippen LogP contribution in [-0.4, -0.2) is 53.7 Å². The monoisotopic (exact) mass is 393 g/mol. The van der Waals surface area contributed by atoms with Gasteiger partial charge < -0.3 is 19.5 Å². The van der Waals surface area contributed by atoms with Gasteiger partial charge in [-0.2, -0.15) is 0 Å². The highest BCUT2D eigenvalue weighted by atomic mass is 35.5. The van der Waals surface area contributed by atoms with Crippen LogP contribution < -0.4 is 5.32 Å². The van der Waals surface area contributed by atoms with Crippen molar-refractivity contribution in [3.05, 3.63) is 53.2 Å². The number of carbonyl (C=O) groups is 3. The molecule has 7 nitrogen and oxygen atoms in total. The fourth-order valence-electron chi connectivity index (χ4n) is 2.74. The molecule has 1 aliphatic heterocycles. The minimum absolute atomic E-state index is 0.114. The van der Waals surface area contributed by atoms with Crippen molar-refractivity contribution in [2.45, 2.75) is 6.42 Å². The van der Waals surface area contributed by atoms with E-state index >= 15 is 0 Å². The number of rotatable bonds is 4. The first kappa shape index (κ1) is 18.9. The maximum absolute atomic E-state index is 13.1. The second-order valence-electron chi connectivity index (χ2n) is 6.00. The molecule has 2 heterocycles. The quantitative estimate of drug-likeness (QED) is 0.808. The first-order chi connectivity index (χ1) is 12.9. The van der Waals surface area contributed by atoms with E-state index in [-0.39, 0.29) is 29.0 Å². The summed E-state index contributed by atoms with van der Waals surface area (Å²) in [5.74, 6) is -1.42. The zero-order valence-corrected chi connectivity index (χ0v) is 15.0. The van der Waals surface area contributed by atoms with E-state index in [9.17, 15) is 18.8 Å². The smallest absolute Gasteiger partial charge is 0.289 e. The number of nitrogens with zero attached hydrogens (tertiary/aromatic N) is 2. The van der Waals surface area contributed by atoms with Crippen LogP contribution >= 0.6 is 11.6 Å². The predicted molar refractivity (Wildman–Crippen MR) is 95.8 cm³/mol. The molecule has 3 rings (SSSR count). The van der Waals surface area contributed by atoms with E-state index in [0.717, 1.165) is 6.07 Å². The first-order valence-electron chi connectivity index (χ1n) is 8.29. The molecule has 9 heteroatoms. The molecule has 1 fully saturated rings. The third kappa shape index (κ3) is 4.65. The summed E-state index contributed by atoms with van der Waals surface area (Å²) >= 11 is 5.66. The summed E-state index contributed by atoms with van der Waals surface area (Å²) < 4.78 is 18.2. The molecule has 142 valence electrons. The molecular weight excluding hydrogens is 377 g/mol. The molecule has 1 aromatic heterocycles. The van der Waals surface area contributed by atoms with Gasteiger partial charge in [0.1, 0.15) is 12.2 Å². The van der Waals surface area contributed by atoms with Gasteiger partial charge in [-0.15, -0.1) is 0 Å². The molecule has 1 N–H and O–H groups in total. The summed E-state index contributed by atoms with van der Waals surface area (Å²) in [6, 6.07) is 7.00. The molecule has 0 unspecified atom stereocenters. The van der Waals surface area contributed by atoms with E-state index in [1.165, 1.54) is 23.3 Å². The molecule has 0 bridgehead atoms. The van der Waals surface area contributed by atoms with Gasteiger partial charge in [-0.05, 0) is 30.3 Å². The Hall–Kier alpha value is -2.87. The molecule has 0 atom stereocenters. The molecule has 1 saturated heterocycles. The summed E-state index contributed by atoms with van der Waals surface area (Å²) in [7, 11) is 0. The van der Waals surface area contributed by atoms with Crippen molar-refractivity contribution < 1.29 is 23.2 Å². The van der Waals surface area contributed by atoms with Crippen LogP contribution in [0.3, 0.4) is 0 Å². The van der Waals surface area contributed by atoms with Crippen molar-refractivity contribution in [3.63, 3.8) is 0 Å². The second-order valence-corrected chi connectivity index (χ2v) is 6.41. The third-order valence-electron chi connectivity index (χ3n) is 4.17. The number of benzene rings is 1. The van der Waals surface area contributed by atoms with Crippen molar-refractivity contribution in [2.75, 3.05) is 31.5 Å². The van der Waals surface area contributed by atoms with Crippen LogP contribution in [0.15, 0.2) is 41.0 Å². The Labute approximate surface area is 159 Å². The van der Waals surface area contributed by atoms with Crippen molar-refractivity contribution in [1.29, 1.82) is 0 Å². The zero-order chi connectivity index (χ0) is 19.4. The first-order valence-corrected chi connectivity index (χ1v) is 8.67. The molecule has 0 radical (unpaired) electrons. The van der Waals surface area contributed by atoms with Gasteiger partial charge in [0.05, 0.1) is 11.3 Å². The van der Waals surface area contributed by atoms with Gasteiger partial charge in [-0.3, -0.25) is 14.4 Å². The summed E-state index contributed by atoms with van der Waals surface area (Å²) in [4.78, 5) is 39.6. The lowest BCUT2D eigenvalue weighted by molar-refractivity contribution is -0.135. The summed E-state index contributed by atoms with van der Waals surface area (Å²) in [5.41, 5.74) is 0.313. The Morgan fingerprint density at radius 1 is 1.11 bits per heavy atom. The summed E-state index contributed by atoms with van der Waals surface area (Å²) in [5, 5.41) is 2.40. The number of nitrogens with one attached hydrogen (secondary N) is 1. The molecule has 3 amide bonds. The van der Waals surface area contributed by atoms with Crippen LogP contribution in [0, 0.1) is 5.82 Å². The Balaban J connectivity index is 1.48. The van der Waals surface area contributed by atoms with Crippen molar-refractivity contribution in [2.24, 2.45) is 0 Å². The van der Waals surface area contributed by atoms with Crippen LogP contribution in [0.25, 0.3) is 0 Å². The number of halogens is 2. The predicted octanol–water partition coefficient (Wildman–Crippen LogP) is 2.39. The van der Waals surface area contributed by atoms with E-state index in [1.807, 2.05) is 0 Å².